The van der Waals surface area contributed by atoms with Crippen LogP contribution in [0.2, 0.25) is 0 Å². The predicted molar refractivity (Wildman–Crippen MR) is 81.1 cm³/mol. The molecule has 0 radical (unpaired) electrons. The van der Waals surface area contributed by atoms with Gasteiger partial charge in [0.1, 0.15) is 5.41 Å². The van der Waals surface area contributed by atoms with E-state index < -0.39 is 5.41 Å². The summed E-state index contributed by atoms with van der Waals surface area (Å²) in [7, 11) is 3.04. The molecule has 1 atom stereocenters. The standard InChI is InChI=1S/C16H25NO4/c1-19-10-6-11-21-12-9-16(13-17,15(18)20-2)14-7-4-3-5-8-14/h3-5,7-8H,6,9-13,17H2,1-2H3. The average molecular weight is 295 g/mol. The third-order valence-corrected chi connectivity index (χ3v) is 3.56. The average Bonchev–Trinajstić information content (AvgIpc) is 2.55. The Morgan fingerprint density at radius 1 is 1.14 bits per heavy atom. The van der Waals surface area contributed by atoms with Crippen LogP contribution in [0.3, 0.4) is 0 Å². The maximum Gasteiger partial charge on any atom is 0.317 e. The molecule has 0 bridgehead atoms. The molecule has 5 nitrogen and oxygen atoms in total. The van der Waals surface area contributed by atoms with Gasteiger partial charge in [0.15, 0.2) is 0 Å². The van der Waals surface area contributed by atoms with Crippen LogP contribution < -0.4 is 5.73 Å². The minimum atomic E-state index is -0.850. The van der Waals surface area contributed by atoms with Gasteiger partial charge in [-0.05, 0) is 18.4 Å². The first kappa shape index (κ1) is 17.6. The van der Waals surface area contributed by atoms with Crippen LogP contribution in [0.25, 0.3) is 0 Å². The fraction of sp³-hybridized carbons (Fsp3) is 0.562. The first-order valence-electron chi connectivity index (χ1n) is 7.12. The highest BCUT2D eigenvalue weighted by Gasteiger charge is 2.39. The van der Waals surface area contributed by atoms with Crippen molar-refractivity contribution in [2.75, 3.05) is 40.6 Å². The number of methoxy groups -OCH3 is 2. The summed E-state index contributed by atoms with van der Waals surface area (Å²) in [6, 6.07) is 9.48. The molecule has 0 amide bonds. The van der Waals surface area contributed by atoms with Crippen molar-refractivity contribution in [3.8, 4) is 0 Å². The predicted octanol–water partition coefficient (Wildman–Crippen LogP) is 1.50. The maximum atomic E-state index is 12.3. The Balaban J connectivity index is 2.71. The quantitative estimate of drug-likeness (QED) is 0.523. The summed E-state index contributed by atoms with van der Waals surface area (Å²) in [4.78, 5) is 12.3. The van der Waals surface area contributed by atoms with Crippen LogP contribution in [-0.2, 0) is 24.4 Å². The molecule has 0 saturated heterocycles. The van der Waals surface area contributed by atoms with Gasteiger partial charge in [-0.25, -0.2) is 0 Å². The lowest BCUT2D eigenvalue weighted by Gasteiger charge is -2.30. The number of hydrogen-bond acceptors (Lipinski definition) is 5. The van der Waals surface area contributed by atoms with Gasteiger partial charge in [-0.1, -0.05) is 30.3 Å². The molecule has 0 saturated carbocycles. The molecule has 0 aliphatic carbocycles. The van der Waals surface area contributed by atoms with E-state index in [2.05, 4.69) is 0 Å². The largest absolute Gasteiger partial charge is 0.468 e. The number of carbonyl (C=O) groups excluding carboxylic acids is 1. The van der Waals surface area contributed by atoms with Crippen LogP contribution in [0, 0.1) is 0 Å². The Morgan fingerprint density at radius 2 is 1.86 bits per heavy atom. The summed E-state index contributed by atoms with van der Waals surface area (Å²) in [5, 5.41) is 0. The number of carbonyl (C=O) groups is 1. The van der Waals surface area contributed by atoms with Gasteiger partial charge in [0.25, 0.3) is 0 Å². The van der Waals surface area contributed by atoms with Crippen molar-refractivity contribution in [3.63, 3.8) is 0 Å². The molecule has 0 aromatic heterocycles. The lowest BCUT2D eigenvalue weighted by atomic mass is 9.78. The van der Waals surface area contributed by atoms with Crippen molar-refractivity contribution in [2.24, 2.45) is 5.73 Å². The van der Waals surface area contributed by atoms with Gasteiger partial charge in [0, 0.05) is 33.5 Å². The number of hydrogen-bond donors (Lipinski definition) is 1. The second kappa shape index (κ2) is 9.50. The number of ether oxygens (including phenoxy) is 3. The molecule has 1 unspecified atom stereocenters. The molecule has 0 spiro atoms. The number of benzene rings is 1. The topological polar surface area (TPSA) is 70.8 Å². The summed E-state index contributed by atoms with van der Waals surface area (Å²) >= 11 is 0. The smallest absolute Gasteiger partial charge is 0.317 e. The highest BCUT2D eigenvalue weighted by Crippen LogP contribution is 2.28. The molecule has 1 aromatic rings. The van der Waals surface area contributed by atoms with Gasteiger partial charge in [-0.2, -0.15) is 0 Å². The zero-order valence-electron chi connectivity index (χ0n) is 12.8. The monoisotopic (exact) mass is 295 g/mol. The summed E-state index contributed by atoms with van der Waals surface area (Å²) in [6.45, 7) is 1.90. The first-order chi connectivity index (χ1) is 10.2. The molecule has 5 heteroatoms. The highest BCUT2D eigenvalue weighted by molar-refractivity contribution is 5.83. The van der Waals surface area contributed by atoms with E-state index in [1.165, 1.54) is 7.11 Å². The van der Waals surface area contributed by atoms with Crippen LogP contribution in [-0.4, -0.2) is 46.6 Å². The molecule has 0 aliphatic rings. The van der Waals surface area contributed by atoms with E-state index in [1.807, 2.05) is 30.3 Å². The summed E-state index contributed by atoms with van der Waals surface area (Å²) < 4.78 is 15.5. The van der Waals surface area contributed by atoms with Crippen molar-refractivity contribution >= 4 is 5.97 Å². The van der Waals surface area contributed by atoms with Gasteiger partial charge in [-0.3, -0.25) is 4.79 Å². The van der Waals surface area contributed by atoms with Crippen LogP contribution in [0.15, 0.2) is 30.3 Å². The molecular formula is C16H25NO4. The number of nitrogens with two attached hydrogens (primary N) is 1. The normalized spacial score (nSPS) is 13.7. The summed E-state index contributed by atoms with van der Waals surface area (Å²) in [6.07, 6.45) is 1.32. The van der Waals surface area contributed by atoms with Crippen molar-refractivity contribution < 1.29 is 19.0 Å². The third kappa shape index (κ3) is 4.81. The van der Waals surface area contributed by atoms with E-state index >= 15 is 0 Å². The van der Waals surface area contributed by atoms with Crippen molar-refractivity contribution in [1.29, 1.82) is 0 Å². The van der Waals surface area contributed by atoms with Crippen LogP contribution in [0.5, 0.6) is 0 Å². The first-order valence-corrected chi connectivity index (χ1v) is 7.12. The van der Waals surface area contributed by atoms with E-state index in [1.54, 1.807) is 7.11 Å². The molecule has 118 valence electrons. The van der Waals surface area contributed by atoms with Gasteiger partial charge in [0.2, 0.25) is 0 Å². The third-order valence-electron chi connectivity index (χ3n) is 3.56. The lowest BCUT2D eigenvalue weighted by molar-refractivity contribution is -0.148. The zero-order valence-corrected chi connectivity index (χ0v) is 12.8. The van der Waals surface area contributed by atoms with E-state index in [4.69, 9.17) is 19.9 Å². The Kier molecular flexibility index (Phi) is 7.97. The summed E-state index contributed by atoms with van der Waals surface area (Å²) in [5.74, 6) is -0.323. The van der Waals surface area contributed by atoms with E-state index in [-0.39, 0.29) is 12.5 Å². The Morgan fingerprint density at radius 3 is 2.43 bits per heavy atom. The Labute approximate surface area is 126 Å². The van der Waals surface area contributed by atoms with Gasteiger partial charge >= 0.3 is 5.97 Å². The molecule has 0 aliphatic heterocycles. The Bertz CT molecular complexity index is 410. The Hall–Kier alpha value is -1.43. The van der Waals surface area contributed by atoms with Crippen molar-refractivity contribution in [2.45, 2.75) is 18.3 Å². The minimum absolute atomic E-state index is 0.186. The molecule has 21 heavy (non-hydrogen) atoms. The fourth-order valence-corrected chi connectivity index (χ4v) is 2.27. The zero-order chi connectivity index (χ0) is 15.6. The van der Waals surface area contributed by atoms with E-state index in [0.29, 0.717) is 26.2 Å². The van der Waals surface area contributed by atoms with Gasteiger partial charge in [0.05, 0.1) is 7.11 Å². The minimum Gasteiger partial charge on any atom is -0.468 e. The van der Waals surface area contributed by atoms with Crippen LogP contribution >= 0.6 is 0 Å². The molecule has 1 rings (SSSR count). The van der Waals surface area contributed by atoms with Crippen molar-refractivity contribution in [3.05, 3.63) is 35.9 Å². The molecule has 0 heterocycles. The second-order valence-electron chi connectivity index (χ2n) is 4.85. The van der Waals surface area contributed by atoms with Gasteiger partial charge < -0.3 is 19.9 Å². The van der Waals surface area contributed by atoms with Crippen LogP contribution in [0.4, 0.5) is 0 Å². The molecule has 1 aromatic carbocycles. The number of rotatable bonds is 10. The summed E-state index contributed by atoms with van der Waals surface area (Å²) in [5.41, 5.74) is 5.91. The van der Waals surface area contributed by atoms with Gasteiger partial charge in [-0.15, -0.1) is 0 Å². The van der Waals surface area contributed by atoms with Crippen LogP contribution in [0.1, 0.15) is 18.4 Å². The molecular weight excluding hydrogens is 270 g/mol. The molecule has 2 N–H and O–H groups in total. The fourth-order valence-electron chi connectivity index (χ4n) is 2.27. The molecule has 0 fully saturated rings. The maximum absolute atomic E-state index is 12.3. The highest BCUT2D eigenvalue weighted by atomic mass is 16.5. The van der Waals surface area contributed by atoms with E-state index in [9.17, 15) is 4.79 Å². The van der Waals surface area contributed by atoms with Crippen molar-refractivity contribution in [1.82, 2.24) is 0 Å². The lowest BCUT2D eigenvalue weighted by Crippen LogP contribution is -2.44. The SMILES string of the molecule is COCCCOCCC(CN)(C(=O)OC)c1ccccc1. The van der Waals surface area contributed by atoms with E-state index in [0.717, 1.165) is 12.0 Å². The number of esters is 1. The second-order valence-corrected chi connectivity index (χ2v) is 4.85.